The Morgan fingerprint density at radius 1 is 1.25 bits per heavy atom. The van der Waals surface area contributed by atoms with Gasteiger partial charge in [-0.1, -0.05) is 60.8 Å². The average molecular weight is 354 g/mol. The summed E-state index contributed by atoms with van der Waals surface area (Å²) in [6.07, 6.45) is 0. The maximum atomic E-state index is 11.7. The fourth-order valence-electron chi connectivity index (χ4n) is 3.06. The Bertz CT molecular complexity index is 521. The van der Waals surface area contributed by atoms with E-state index in [1.54, 1.807) is 31.2 Å². The van der Waals surface area contributed by atoms with Crippen molar-refractivity contribution in [3.8, 4) is 0 Å². The first kappa shape index (κ1) is 16.4. The molecule has 0 radical (unpaired) electrons. The number of hydrogen-bond acceptors (Lipinski definition) is 1. The third kappa shape index (κ3) is 2.70. The van der Waals surface area contributed by atoms with E-state index in [-0.39, 0.29) is 23.0 Å². The van der Waals surface area contributed by atoms with Crippen molar-refractivity contribution in [2.75, 3.05) is 0 Å². The smallest absolute Gasteiger partial charge is 0.159 e. The molecule has 0 heterocycles. The van der Waals surface area contributed by atoms with Crippen molar-refractivity contribution in [2.24, 2.45) is 17.3 Å². The van der Waals surface area contributed by atoms with E-state index in [0.29, 0.717) is 10.6 Å². The van der Waals surface area contributed by atoms with Crippen molar-refractivity contribution in [3.63, 3.8) is 0 Å². The van der Waals surface area contributed by atoms with Gasteiger partial charge in [-0.15, -0.1) is 11.6 Å². The molecule has 1 fully saturated rings. The number of alkyl halides is 3. The number of benzene rings is 1. The van der Waals surface area contributed by atoms with Gasteiger partial charge in [-0.2, -0.15) is 0 Å². The van der Waals surface area contributed by atoms with E-state index in [2.05, 4.69) is 0 Å². The van der Waals surface area contributed by atoms with Gasteiger partial charge in [0.2, 0.25) is 0 Å². The molecule has 3 unspecified atom stereocenters. The van der Waals surface area contributed by atoms with Gasteiger partial charge in [0.25, 0.3) is 0 Å². The number of carbonyl (C=O) groups excluding carboxylic acids is 1. The van der Waals surface area contributed by atoms with Crippen LogP contribution in [0.4, 0.5) is 0 Å². The minimum Gasteiger partial charge on any atom is -0.300 e. The van der Waals surface area contributed by atoms with Crippen LogP contribution in [-0.2, 0) is 9.13 Å². The van der Waals surface area contributed by atoms with Gasteiger partial charge in [0.05, 0.1) is 5.38 Å². The second-order valence-corrected chi connectivity index (χ2v) is 8.26. The topological polar surface area (TPSA) is 17.1 Å². The Balaban J connectivity index is 2.26. The van der Waals surface area contributed by atoms with Crippen molar-refractivity contribution in [1.29, 1.82) is 0 Å². The molecule has 20 heavy (non-hydrogen) atoms. The highest BCUT2D eigenvalue weighted by molar-refractivity contribution is 6.52. The maximum absolute atomic E-state index is 11.7. The van der Waals surface area contributed by atoms with E-state index in [4.69, 9.17) is 46.4 Å². The molecule has 0 aromatic heterocycles. The molecule has 2 rings (SSSR count). The molecule has 1 aromatic carbocycles. The van der Waals surface area contributed by atoms with Crippen LogP contribution in [0.1, 0.15) is 26.3 Å². The molecule has 1 aliphatic rings. The molecule has 5 heteroatoms. The van der Waals surface area contributed by atoms with Crippen molar-refractivity contribution in [2.45, 2.75) is 30.5 Å². The van der Waals surface area contributed by atoms with Gasteiger partial charge in [0.15, 0.2) is 4.33 Å². The van der Waals surface area contributed by atoms with Crippen LogP contribution < -0.4 is 0 Å². The van der Waals surface area contributed by atoms with E-state index in [0.717, 1.165) is 0 Å². The third-order valence-electron chi connectivity index (χ3n) is 4.24. The van der Waals surface area contributed by atoms with Crippen LogP contribution in [0.5, 0.6) is 0 Å². The lowest BCUT2D eigenvalue weighted by Gasteiger charge is -2.27. The first-order valence-electron chi connectivity index (χ1n) is 6.38. The van der Waals surface area contributed by atoms with Crippen LogP contribution in [0.25, 0.3) is 0 Å². The number of ketones is 1. The first-order valence-corrected chi connectivity index (χ1v) is 7.95. The highest BCUT2D eigenvalue weighted by Crippen LogP contribution is 2.65. The molecular weight excluding hydrogens is 338 g/mol. The molecule has 1 aromatic rings. The maximum Gasteiger partial charge on any atom is 0.159 e. The molecule has 0 saturated heterocycles. The number of halogens is 4. The quantitative estimate of drug-likeness (QED) is 0.658. The molecule has 0 N–H and O–H groups in total. The molecule has 0 spiro atoms. The van der Waals surface area contributed by atoms with E-state index >= 15 is 0 Å². The molecule has 0 aliphatic heterocycles. The van der Waals surface area contributed by atoms with Gasteiger partial charge >= 0.3 is 0 Å². The highest BCUT2D eigenvalue weighted by Gasteiger charge is 2.66. The first-order chi connectivity index (χ1) is 9.10. The van der Waals surface area contributed by atoms with Crippen molar-refractivity contribution in [3.05, 3.63) is 34.9 Å². The van der Waals surface area contributed by atoms with E-state index in [1.807, 2.05) is 13.8 Å². The van der Waals surface area contributed by atoms with Gasteiger partial charge in [0, 0.05) is 10.9 Å². The zero-order valence-electron chi connectivity index (χ0n) is 11.5. The lowest BCUT2D eigenvalue weighted by atomic mass is 10.0. The van der Waals surface area contributed by atoms with Gasteiger partial charge in [-0.05, 0) is 36.0 Å². The van der Waals surface area contributed by atoms with Crippen LogP contribution >= 0.6 is 46.4 Å². The van der Waals surface area contributed by atoms with Crippen LogP contribution in [0.2, 0.25) is 5.02 Å². The van der Waals surface area contributed by atoms with Crippen molar-refractivity contribution >= 4 is 52.2 Å². The Kier molecular flexibility index (Phi) is 4.40. The zero-order valence-corrected chi connectivity index (χ0v) is 14.5. The molecule has 110 valence electrons. The molecule has 0 amide bonds. The van der Waals surface area contributed by atoms with Gasteiger partial charge in [-0.25, -0.2) is 0 Å². The second kappa shape index (κ2) is 5.35. The number of hydrogen-bond donors (Lipinski definition) is 0. The molecular formula is C15H16Cl4O. The van der Waals surface area contributed by atoms with Crippen molar-refractivity contribution < 1.29 is 4.79 Å². The predicted octanol–water partition coefficient (Wildman–Crippen LogP) is 5.44. The standard InChI is InChI=1S/C15H16Cl4O/c1-8(20)11-12(14(11,2)3)13(17)15(18,19)9-4-6-10(16)7-5-9/h4-7,11-13H,1-3H3. The summed E-state index contributed by atoms with van der Waals surface area (Å²) in [5, 5.41) is 0.0632. The van der Waals surface area contributed by atoms with Gasteiger partial charge in [0.1, 0.15) is 5.78 Å². The fraction of sp³-hybridized carbons (Fsp3) is 0.533. The van der Waals surface area contributed by atoms with E-state index in [9.17, 15) is 4.79 Å². The molecule has 1 aliphatic carbocycles. The normalized spacial score (nSPS) is 26.1. The van der Waals surface area contributed by atoms with Crippen molar-refractivity contribution in [1.82, 2.24) is 0 Å². The fourth-order valence-corrected chi connectivity index (χ4v) is 4.30. The summed E-state index contributed by atoms with van der Waals surface area (Å²) in [6.45, 7) is 5.62. The Hall–Kier alpha value is 0.0500. The van der Waals surface area contributed by atoms with Crippen LogP contribution in [0.15, 0.2) is 24.3 Å². The predicted molar refractivity (Wildman–Crippen MR) is 85.9 cm³/mol. The molecule has 1 nitrogen and oxygen atoms in total. The van der Waals surface area contributed by atoms with Crippen LogP contribution in [0, 0.1) is 17.3 Å². The SMILES string of the molecule is CC(=O)C1C(C(Cl)C(Cl)(Cl)c2ccc(Cl)cc2)C1(C)C. The van der Waals surface area contributed by atoms with E-state index < -0.39 is 9.71 Å². The summed E-state index contributed by atoms with van der Waals surface area (Å²) >= 11 is 25.3. The highest BCUT2D eigenvalue weighted by atomic mass is 35.5. The van der Waals surface area contributed by atoms with Crippen LogP contribution in [-0.4, -0.2) is 11.2 Å². The third-order valence-corrected chi connectivity index (χ3v) is 6.22. The minimum absolute atomic E-state index is 0.0349. The number of rotatable bonds is 4. The summed E-state index contributed by atoms with van der Waals surface area (Å²) in [5.41, 5.74) is 0.523. The monoisotopic (exact) mass is 352 g/mol. The largest absolute Gasteiger partial charge is 0.300 e. The van der Waals surface area contributed by atoms with Gasteiger partial charge in [-0.3, -0.25) is 4.79 Å². The second-order valence-electron chi connectivity index (χ2n) is 5.97. The summed E-state index contributed by atoms with van der Waals surface area (Å²) in [5.74, 6) is 0.00686. The molecule has 1 saturated carbocycles. The average Bonchev–Trinajstić information content (AvgIpc) is 2.91. The number of carbonyl (C=O) groups is 1. The van der Waals surface area contributed by atoms with Crippen LogP contribution in [0.3, 0.4) is 0 Å². The zero-order chi connectivity index (χ0) is 15.3. The summed E-state index contributed by atoms with van der Waals surface area (Å²) in [7, 11) is 0. The molecule has 0 bridgehead atoms. The Labute approximate surface area is 139 Å². The van der Waals surface area contributed by atoms with E-state index in [1.165, 1.54) is 0 Å². The summed E-state index contributed by atoms with van der Waals surface area (Å²) in [6, 6.07) is 6.97. The Morgan fingerprint density at radius 2 is 1.75 bits per heavy atom. The lowest BCUT2D eigenvalue weighted by molar-refractivity contribution is -0.119. The Morgan fingerprint density at radius 3 is 2.15 bits per heavy atom. The molecule has 3 atom stereocenters. The lowest BCUT2D eigenvalue weighted by Crippen LogP contribution is -2.28. The van der Waals surface area contributed by atoms with Gasteiger partial charge < -0.3 is 0 Å². The summed E-state index contributed by atoms with van der Waals surface area (Å²) in [4.78, 5) is 11.7. The number of Topliss-reactive ketones (excluding diaryl/α,β-unsaturated/α-hetero) is 1. The summed E-state index contributed by atoms with van der Waals surface area (Å²) < 4.78 is -1.25. The minimum atomic E-state index is -1.25.